The number of rotatable bonds is 5. The van der Waals surface area contributed by atoms with Crippen molar-refractivity contribution in [1.82, 2.24) is 10.1 Å². The molecular weight excluding hydrogens is 302 g/mol. The van der Waals surface area contributed by atoms with Gasteiger partial charge in [-0.15, -0.1) is 11.3 Å². The van der Waals surface area contributed by atoms with Gasteiger partial charge in [0, 0.05) is 17.3 Å². The van der Waals surface area contributed by atoms with Gasteiger partial charge in [0.2, 0.25) is 5.89 Å². The Kier molecular flexibility index (Phi) is 4.06. The van der Waals surface area contributed by atoms with Gasteiger partial charge in [-0.2, -0.15) is 4.98 Å². The van der Waals surface area contributed by atoms with Crippen molar-refractivity contribution in [1.29, 1.82) is 0 Å². The molecule has 2 aromatic heterocycles. The summed E-state index contributed by atoms with van der Waals surface area (Å²) in [6.07, 6.45) is 0. The summed E-state index contributed by atoms with van der Waals surface area (Å²) in [5.41, 5.74) is 0.933. The maximum Gasteiger partial charge on any atom is 0.348 e. The molecule has 0 aliphatic rings. The molecule has 1 aromatic carbocycles. The number of aromatic nitrogens is 2. The fraction of sp³-hybridized carbons (Fsp3) is 0.267. The molecular formula is C15H15N3O3S. The van der Waals surface area contributed by atoms with Crippen molar-refractivity contribution in [2.45, 2.75) is 20.4 Å². The number of aryl methyl sites for hydroxylation is 1. The molecule has 0 spiro atoms. The van der Waals surface area contributed by atoms with Crippen molar-refractivity contribution >= 4 is 33.1 Å². The van der Waals surface area contributed by atoms with Gasteiger partial charge in [-0.25, -0.2) is 4.79 Å². The third-order valence-corrected chi connectivity index (χ3v) is 4.11. The monoisotopic (exact) mass is 317 g/mol. The van der Waals surface area contributed by atoms with Gasteiger partial charge < -0.3 is 14.6 Å². The van der Waals surface area contributed by atoms with E-state index in [0.717, 1.165) is 15.8 Å². The number of esters is 1. The topological polar surface area (TPSA) is 77.2 Å². The van der Waals surface area contributed by atoms with Gasteiger partial charge in [-0.05, 0) is 36.6 Å². The first-order valence-electron chi connectivity index (χ1n) is 6.89. The highest BCUT2D eigenvalue weighted by molar-refractivity contribution is 7.20. The minimum Gasteiger partial charge on any atom is -0.462 e. The zero-order valence-electron chi connectivity index (χ0n) is 12.3. The van der Waals surface area contributed by atoms with Crippen molar-refractivity contribution in [2.24, 2.45) is 0 Å². The molecule has 0 amide bonds. The summed E-state index contributed by atoms with van der Waals surface area (Å²) in [5, 5.41) is 8.07. The summed E-state index contributed by atoms with van der Waals surface area (Å²) >= 11 is 1.43. The van der Waals surface area contributed by atoms with Crippen molar-refractivity contribution in [3.63, 3.8) is 0 Å². The quantitative estimate of drug-likeness (QED) is 0.727. The van der Waals surface area contributed by atoms with E-state index in [2.05, 4.69) is 15.5 Å². The zero-order valence-corrected chi connectivity index (χ0v) is 13.1. The first-order valence-corrected chi connectivity index (χ1v) is 7.71. The molecule has 3 rings (SSSR count). The van der Waals surface area contributed by atoms with Gasteiger partial charge in [-0.1, -0.05) is 5.16 Å². The predicted molar refractivity (Wildman–Crippen MR) is 84.1 cm³/mol. The molecule has 0 aliphatic carbocycles. The molecule has 3 aromatic rings. The average molecular weight is 317 g/mol. The fourth-order valence-electron chi connectivity index (χ4n) is 2.05. The molecule has 114 valence electrons. The Morgan fingerprint density at radius 3 is 3.00 bits per heavy atom. The summed E-state index contributed by atoms with van der Waals surface area (Å²) < 4.78 is 11.0. The lowest BCUT2D eigenvalue weighted by Crippen LogP contribution is -2.01. The first kappa shape index (κ1) is 14.5. The number of hydrogen-bond acceptors (Lipinski definition) is 7. The van der Waals surface area contributed by atoms with E-state index in [1.807, 2.05) is 24.3 Å². The second kappa shape index (κ2) is 6.15. The molecule has 0 unspecified atom stereocenters. The van der Waals surface area contributed by atoms with E-state index in [4.69, 9.17) is 9.26 Å². The SMILES string of the molecule is CCOC(=O)c1cc2cc(NCc3noc(C)n3)ccc2s1. The van der Waals surface area contributed by atoms with Crippen molar-refractivity contribution in [3.8, 4) is 0 Å². The summed E-state index contributed by atoms with van der Waals surface area (Å²) in [5.74, 6) is 0.875. The number of fused-ring (bicyclic) bond motifs is 1. The molecule has 6 nitrogen and oxygen atoms in total. The average Bonchev–Trinajstić information content (AvgIpc) is 3.10. The van der Waals surface area contributed by atoms with Crippen molar-refractivity contribution in [2.75, 3.05) is 11.9 Å². The van der Waals surface area contributed by atoms with Crippen LogP contribution >= 0.6 is 11.3 Å². The molecule has 0 atom stereocenters. The van der Waals surface area contributed by atoms with E-state index < -0.39 is 0 Å². The van der Waals surface area contributed by atoms with Crippen molar-refractivity contribution in [3.05, 3.63) is 40.9 Å². The van der Waals surface area contributed by atoms with Crippen LogP contribution in [0.25, 0.3) is 10.1 Å². The molecule has 1 N–H and O–H groups in total. The summed E-state index contributed by atoms with van der Waals surface area (Å²) in [6, 6.07) is 7.77. The van der Waals surface area contributed by atoms with Gasteiger partial charge in [0.1, 0.15) is 4.88 Å². The highest BCUT2D eigenvalue weighted by Crippen LogP contribution is 2.28. The van der Waals surface area contributed by atoms with Crippen LogP contribution in [0.1, 0.15) is 28.3 Å². The van der Waals surface area contributed by atoms with Gasteiger partial charge in [0.05, 0.1) is 13.2 Å². The normalized spacial score (nSPS) is 10.8. The van der Waals surface area contributed by atoms with Crippen LogP contribution in [0.15, 0.2) is 28.8 Å². The number of nitrogens with one attached hydrogen (secondary N) is 1. The lowest BCUT2D eigenvalue weighted by molar-refractivity contribution is 0.0532. The Labute approximate surface area is 131 Å². The van der Waals surface area contributed by atoms with Crippen LogP contribution in [-0.4, -0.2) is 22.7 Å². The molecule has 0 fully saturated rings. The number of nitrogens with zero attached hydrogens (tertiary/aromatic N) is 2. The number of carbonyl (C=O) groups is 1. The predicted octanol–water partition coefficient (Wildman–Crippen LogP) is 3.38. The number of ether oxygens (including phenoxy) is 1. The third-order valence-electron chi connectivity index (χ3n) is 3.01. The minimum atomic E-state index is -0.277. The van der Waals surface area contributed by atoms with Crippen LogP contribution in [-0.2, 0) is 11.3 Å². The van der Waals surface area contributed by atoms with E-state index in [9.17, 15) is 4.79 Å². The lowest BCUT2D eigenvalue weighted by atomic mass is 10.2. The fourth-order valence-corrected chi connectivity index (χ4v) is 2.99. The van der Waals surface area contributed by atoms with Crippen LogP contribution in [0, 0.1) is 6.92 Å². The molecule has 0 bridgehead atoms. The van der Waals surface area contributed by atoms with Crippen LogP contribution < -0.4 is 5.32 Å². The Balaban J connectivity index is 1.76. The van der Waals surface area contributed by atoms with Crippen LogP contribution in [0.2, 0.25) is 0 Å². The van der Waals surface area contributed by atoms with Gasteiger partial charge in [0.15, 0.2) is 5.82 Å². The van der Waals surface area contributed by atoms with Gasteiger partial charge in [-0.3, -0.25) is 0 Å². The Morgan fingerprint density at radius 1 is 1.41 bits per heavy atom. The van der Waals surface area contributed by atoms with Crippen LogP contribution in [0.3, 0.4) is 0 Å². The van der Waals surface area contributed by atoms with Crippen molar-refractivity contribution < 1.29 is 14.1 Å². The smallest absolute Gasteiger partial charge is 0.348 e. The number of carbonyl (C=O) groups excluding carboxylic acids is 1. The lowest BCUT2D eigenvalue weighted by Gasteiger charge is -2.03. The molecule has 0 radical (unpaired) electrons. The number of thiophene rings is 1. The Morgan fingerprint density at radius 2 is 2.27 bits per heavy atom. The highest BCUT2D eigenvalue weighted by Gasteiger charge is 2.11. The largest absolute Gasteiger partial charge is 0.462 e. The molecule has 7 heteroatoms. The van der Waals surface area contributed by atoms with Gasteiger partial charge in [0.25, 0.3) is 0 Å². The standard InChI is InChI=1S/C15H15N3O3S/c1-3-20-15(19)13-7-10-6-11(4-5-12(10)22-13)16-8-14-17-9(2)21-18-14/h4-7,16H,3,8H2,1-2H3. The maximum absolute atomic E-state index is 11.8. The van der Waals surface area contributed by atoms with Crippen LogP contribution in [0.4, 0.5) is 5.69 Å². The molecule has 0 saturated heterocycles. The maximum atomic E-state index is 11.8. The van der Waals surface area contributed by atoms with Gasteiger partial charge >= 0.3 is 5.97 Å². The Bertz CT molecular complexity index is 809. The second-order valence-corrected chi connectivity index (χ2v) is 5.75. The van der Waals surface area contributed by atoms with E-state index in [1.54, 1.807) is 13.8 Å². The highest BCUT2D eigenvalue weighted by atomic mass is 32.1. The van der Waals surface area contributed by atoms with E-state index >= 15 is 0 Å². The first-order chi connectivity index (χ1) is 10.7. The summed E-state index contributed by atoms with van der Waals surface area (Å²) in [6.45, 7) is 4.42. The molecule has 0 aliphatic heterocycles. The minimum absolute atomic E-state index is 0.277. The van der Waals surface area contributed by atoms with E-state index in [-0.39, 0.29) is 5.97 Å². The van der Waals surface area contributed by atoms with E-state index in [1.165, 1.54) is 11.3 Å². The molecule has 0 saturated carbocycles. The third kappa shape index (κ3) is 3.09. The zero-order chi connectivity index (χ0) is 15.5. The second-order valence-electron chi connectivity index (χ2n) is 4.67. The summed E-state index contributed by atoms with van der Waals surface area (Å²) in [4.78, 5) is 16.5. The summed E-state index contributed by atoms with van der Waals surface area (Å²) in [7, 11) is 0. The molecule has 2 heterocycles. The Hall–Kier alpha value is -2.41. The van der Waals surface area contributed by atoms with E-state index in [0.29, 0.717) is 29.7 Å². The number of benzene rings is 1. The molecule has 22 heavy (non-hydrogen) atoms. The number of hydrogen-bond donors (Lipinski definition) is 1. The van der Waals surface area contributed by atoms with Crippen LogP contribution in [0.5, 0.6) is 0 Å². The number of anilines is 1.